The minimum atomic E-state index is -0.200. The summed E-state index contributed by atoms with van der Waals surface area (Å²) in [4.78, 5) is 31.7. The molecule has 0 bridgehead atoms. The SMILES string of the molecule is O=C1CC[C@@H](C(=O)N2CCC(Cc3ccc(F)cc3)CC2)CN1CCN1CCOCC1. The monoisotopic (exact) mass is 431 g/mol. The summed E-state index contributed by atoms with van der Waals surface area (Å²) in [5, 5.41) is 0. The van der Waals surface area contributed by atoms with Crippen LogP contribution in [-0.2, 0) is 20.7 Å². The van der Waals surface area contributed by atoms with Gasteiger partial charge in [0, 0.05) is 52.2 Å². The Morgan fingerprint density at radius 1 is 1.00 bits per heavy atom. The van der Waals surface area contributed by atoms with Crippen LogP contribution in [0.25, 0.3) is 0 Å². The van der Waals surface area contributed by atoms with Crippen molar-refractivity contribution in [3.63, 3.8) is 0 Å². The van der Waals surface area contributed by atoms with Crippen molar-refractivity contribution in [1.82, 2.24) is 14.7 Å². The summed E-state index contributed by atoms with van der Waals surface area (Å²) in [5.41, 5.74) is 1.16. The molecule has 0 radical (unpaired) electrons. The molecule has 0 unspecified atom stereocenters. The number of carbonyl (C=O) groups excluding carboxylic acids is 2. The van der Waals surface area contributed by atoms with E-state index in [1.54, 1.807) is 0 Å². The zero-order chi connectivity index (χ0) is 21.6. The highest BCUT2D eigenvalue weighted by Gasteiger charge is 2.34. The van der Waals surface area contributed by atoms with E-state index < -0.39 is 0 Å². The van der Waals surface area contributed by atoms with E-state index >= 15 is 0 Å². The van der Waals surface area contributed by atoms with Gasteiger partial charge in [-0.2, -0.15) is 0 Å². The van der Waals surface area contributed by atoms with Gasteiger partial charge in [-0.3, -0.25) is 14.5 Å². The first-order valence-electron chi connectivity index (χ1n) is 11.7. The van der Waals surface area contributed by atoms with Gasteiger partial charge in [0.2, 0.25) is 11.8 Å². The van der Waals surface area contributed by atoms with Crippen molar-refractivity contribution < 1.29 is 18.7 Å². The lowest BCUT2D eigenvalue weighted by molar-refractivity contribution is -0.144. The summed E-state index contributed by atoms with van der Waals surface area (Å²) in [6.45, 7) is 7.00. The van der Waals surface area contributed by atoms with Crippen LogP contribution in [0.4, 0.5) is 4.39 Å². The third kappa shape index (κ3) is 6.04. The predicted octanol–water partition coefficient (Wildman–Crippen LogP) is 2.18. The molecule has 1 atom stereocenters. The van der Waals surface area contributed by atoms with Gasteiger partial charge in [0.1, 0.15) is 5.82 Å². The van der Waals surface area contributed by atoms with E-state index in [1.807, 2.05) is 21.9 Å². The molecule has 3 heterocycles. The first kappa shape index (κ1) is 22.2. The van der Waals surface area contributed by atoms with E-state index in [-0.39, 0.29) is 23.5 Å². The average molecular weight is 432 g/mol. The number of likely N-dealkylation sites (tertiary alicyclic amines) is 2. The number of nitrogens with zero attached hydrogens (tertiary/aromatic N) is 3. The molecule has 3 saturated heterocycles. The van der Waals surface area contributed by atoms with Crippen molar-refractivity contribution in [3.05, 3.63) is 35.6 Å². The molecule has 0 spiro atoms. The number of amides is 2. The lowest BCUT2D eigenvalue weighted by atomic mass is 9.89. The first-order chi connectivity index (χ1) is 15.1. The largest absolute Gasteiger partial charge is 0.379 e. The lowest BCUT2D eigenvalue weighted by Crippen LogP contribution is -2.50. The number of carbonyl (C=O) groups is 2. The summed E-state index contributed by atoms with van der Waals surface area (Å²) in [6, 6.07) is 6.75. The van der Waals surface area contributed by atoms with Gasteiger partial charge < -0.3 is 14.5 Å². The molecule has 0 aromatic heterocycles. The molecule has 0 aliphatic carbocycles. The van der Waals surface area contributed by atoms with Crippen LogP contribution in [0.15, 0.2) is 24.3 Å². The summed E-state index contributed by atoms with van der Waals surface area (Å²) in [5.74, 6) is 0.650. The lowest BCUT2D eigenvalue weighted by Gasteiger charge is -2.38. The second kappa shape index (κ2) is 10.6. The second-order valence-corrected chi connectivity index (χ2v) is 9.13. The Bertz CT molecular complexity index is 743. The van der Waals surface area contributed by atoms with E-state index in [1.165, 1.54) is 12.1 Å². The third-order valence-electron chi connectivity index (χ3n) is 7.00. The van der Waals surface area contributed by atoms with Gasteiger partial charge in [-0.25, -0.2) is 4.39 Å². The van der Waals surface area contributed by atoms with E-state index in [9.17, 15) is 14.0 Å². The van der Waals surface area contributed by atoms with Crippen LogP contribution in [0, 0.1) is 17.7 Å². The maximum Gasteiger partial charge on any atom is 0.227 e. The standard InChI is InChI=1S/C24H34FN3O3/c25-22-4-1-19(2-5-22)17-20-7-9-27(10-8-20)24(30)21-3-6-23(29)28(18-21)12-11-26-13-15-31-16-14-26/h1-2,4-5,20-21H,3,6-18H2/t21-/m1/s1. The highest BCUT2D eigenvalue weighted by molar-refractivity contribution is 5.84. The molecular formula is C24H34FN3O3. The fourth-order valence-electron chi connectivity index (χ4n) is 4.99. The van der Waals surface area contributed by atoms with Crippen LogP contribution in [0.5, 0.6) is 0 Å². The van der Waals surface area contributed by atoms with Gasteiger partial charge in [-0.05, 0) is 49.3 Å². The maximum atomic E-state index is 13.1. The van der Waals surface area contributed by atoms with Crippen molar-refractivity contribution in [2.24, 2.45) is 11.8 Å². The molecule has 31 heavy (non-hydrogen) atoms. The molecule has 4 rings (SSSR count). The fraction of sp³-hybridized carbons (Fsp3) is 0.667. The number of rotatable bonds is 6. The van der Waals surface area contributed by atoms with E-state index in [2.05, 4.69) is 4.90 Å². The molecule has 2 amide bonds. The van der Waals surface area contributed by atoms with Crippen molar-refractivity contribution in [1.29, 1.82) is 0 Å². The molecule has 1 aromatic carbocycles. The summed E-state index contributed by atoms with van der Waals surface area (Å²) in [6.07, 6.45) is 4.04. The van der Waals surface area contributed by atoms with Gasteiger partial charge in [0.15, 0.2) is 0 Å². The minimum Gasteiger partial charge on any atom is -0.379 e. The van der Waals surface area contributed by atoms with E-state index in [0.29, 0.717) is 31.8 Å². The molecule has 0 N–H and O–H groups in total. The number of hydrogen-bond acceptors (Lipinski definition) is 4. The first-order valence-corrected chi connectivity index (χ1v) is 11.7. The number of ether oxygens (including phenoxy) is 1. The average Bonchev–Trinajstić information content (AvgIpc) is 2.81. The summed E-state index contributed by atoms with van der Waals surface area (Å²) in [7, 11) is 0. The Labute approximate surface area is 184 Å². The van der Waals surface area contributed by atoms with Crippen LogP contribution < -0.4 is 0 Å². The van der Waals surface area contributed by atoms with Gasteiger partial charge in [-0.1, -0.05) is 12.1 Å². The van der Waals surface area contributed by atoms with Gasteiger partial charge >= 0.3 is 0 Å². The van der Waals surface area contributed by atoms with Gasteiger partial charge in [-0.15, -0.1) is 0 Å². The van der Waals surface area contributed by atoms with E-state index in [0.717, 1.165) is 70.8 Å². The Morgan fingerprint density at radius 3 is 2.42 bits per heavy atom. The van der Waals surface area contributed by atoms with Crippen molar-refractivity contribution in [2.75, 3.05) is 59.0 Å². The molecule has 170 valence electrons. The van der Waals surface area contributed by atoms with Crippen molar-refractivity contribution in [3.8, 4) is 0 Å². The topological polar surface area (TPSA) is 53.1 Å². The molecule has 6 nitrogen and oxygen atoms in total. The highest BCUT2D eigenvalue weighted by atomic mass is 19.1. The Balaban J connectivity index is 1.23. The Morgan fingerprint density at radius 2 is 1.71 bits per heavy atom. The maximum absolute atomic E-state index is 13.1. The Hall–Kier alpha value is -1.99. The number of benzene rings is 1. The van der Waals surface area contributed by atoms with Crippen LogP contribution in [0.1, 0.15) is 31.2 Å². The smallest absolute Gasteiger partial charge is 0.227 e. The number of morpholine rings is 1. The van der Waals surface area contributed by atoms with Crippen molar-refractivity contribution >= 4 is 11.8 Å². The number of halogens is 1. The zero-order valence-electron chi connectivity index (χ0n) is 18.3. The normalized spacial score (nSPS) is 23.9. The van der Waals surface area contributed by atoms with Crippen LogP contribution in [0.2, 0.25) is 0 Å². The molecule has 1 aromatic rings. The third-order valence-corrected chi connectivity index (χ3v) is 7.00. The number of piperidine rings is 2. The van der Waals surface area contributed by atoms with Crippen LogP contribution in [-0.4, -0.2) is 85.5 Å². The Kier molecular flexibility index (Phi) is 7.56. The van der Waals surface area contributed by atoms with Crippen molar-refractivity contribution in [2.45, 2.75) is 32.1 Å². The number of hydrogen-bond donors (Lipinski definition) is 0. The highest BCUT2D eigenvalue weighted by Crippen LogP contribution is 2.26. The molecule has 7 heteroatoms. The fourth-order valence-corrected chi connectivity index (χ4v) is 4.99. The quantitative estimate of drug-likeness (QED) is 0.693. The minimum absolute atomic E-state index is 0.0731. The molecule has 3 aliphatic rings. The van der Waals surface area contributed by atoms with E-state index in [4.69, 9.17) is 4.74 Å². The molecule has 3 fully saturated rings. The molecule has 0 saturated carbocycles. The summed E-state index contributed by atoms with van der Waals surface area (Å²) >= 11 is 0. The predicted molar refractivity (Wildman–Crippen MR) is 116 cm³/mol. The molecular weight excluding hydrogens is 397 g/mol. The molecule has 3 aliphatic heterocycles. The van der Waals surface area contributed by atoms with Gasteiger partial charge in [0.25, 0.3) is 0 Å². The van der Waals surface area contributed by atoms with Crippen LogP contribution in [0.3, 0.4) is 0 Å². The second-order valence-electron chi connectivity index (χ2n) is 9.13. The summed E-state index contributed by atoms with van der Waals surface area (Å²) < 4.78 is 18.5. The van der Waals surface area contributed by atoms with Crippen LogP contribution >= 0.6 is 0 Å². The van der Waals surface area contributed by atoms with Gasteiger partial charge in [0.05, 0.1) is 19.1 Å². The zero-order valence-corrected chi connectivity index (χ0v) is 18.3.